The van der Waals surface area contributed by atoms with Crippen LogP contribution in [0.2, 0.25) is 0 Å². The number of ether oxygens (including phenoxy) is 1. The molecule has 0 saturated carbocycles. The van der Waals surface area contributed by atoms with Crippen molar-refractivity contribution in [3.8, 4) is 5.75 Å². The molecule has 1 aromatic rings. The molecule has 1 fully saturated rings. The summed E-state index contributed by atoms with van der Waals surface area (Å²) in [6, 6.07) is 7.76. The van der Waals surface area contributed by atoms with Crippen molar-refractivity contribution in [3.05, 3.63) is 29.8 Å². The largest absolute Gasteiger partial charge is 0.496 e. The second-order valence-corrected chi connectivity index (χ2v) is 5.62. The highest BCUT2D eigenvalue weighted by Gasteiger charge is 2.23. The lowest BCUT2D eigenvalue weighted by Crippen LogP contribution is -2.41. The van der Waals surface area contributed by atoms with E-state index in [-0.39, 0.29) is 18.3 Å². The Morgan fingerprint density at radius 1 is 1.32 bits per heavy atom. The van der Waals surface area contributed by atoms with Crippen LogP contribution in [0.3, 0.4) is 0 Å². The predicted molar refractivity (Wildman–Crippen MR) is 91.8 cm³/mol. The van der Waals surface area contributed by atoms with Crippen molar-refractivity contribution < 1.29 is 9.53 Å². The Hall–Kier alpha value is -1.26. The van der Waals surface area contributed by atoms with E-state index in [0.29, 0.717) is 12.3 Å². The number of methoxy groups -OCH3 is 1. The fourth-order valence-corrected chi connectivity index (χ4v) is 2.86. The number of benzene rings is 1. The molecule has 0 bridgehead atoms. The number of carbonyl (C=O) groups excluding carboxylic acids is 1. The molecule has 1 saturated heterocycles. The number of hydrogen-bond donors (Lipinski definition) is 1. The summed E-state index contributed by atoms with van der Waals surface area (Å²) in [5.74, 6) is 1.72. The third-order valence-corrected chi connectivity index (χ3v) is 4.18. The third-order valence-electron chi connectivity index (χ3n) is 4.18. The van der Waals surface area contributed by atoms with Crippen LogP contribution in [0.5, 0.6) is 5.75 Å². The molecule has 2 rings (SSSR count). The summed E-state index contributed by atoms with van der Waals surface area (Å²) in [5.41, 5.74) is 0.972. The Morgan fingerprint density at radius 3 is 2.64 bits per heavy atom. The van der Waals surface area contributed by atoms with Gasteiger partial charge in [-0.15, -0.1) is 12.4 Å². The van der Waals surface area contributed by atoms with Gasteiger partial charge in [-0.05, 0) is 37.9 Å². The molecule has 0 spiro atoms. The summed E-state index contributed by atoms with van der Waals surface area (Å²) in [7, 11) is 1.65. The molecule has 124 valence electrons. The second kappa shape index (κ2) is 9.70. The number of piperidine rings is 1. The summed E-state index contributed by atoms with van der Waals surface area (Å²) in [6.45, 7) is 5.98. The highest BCUT2D eigenvalue weighted by Crippen LogP contribution is 2.21. The lowest BCUT2D eigenvalue weighted by Gasteiger charge is -2.32. The molecule has 22 heavy (non-hydrogen) atoms. The number of amides is 1. The van der Waals surface area contributed by atoms with Crippen LogP contribution in [0, 0.1) is 5.92 Å². The topological polar surface area (TPSA) is 41.6 Å². The third kappa shape index (κ3) is 5.18. The smallest absolute Gasteiger partial charge is 0.227 e. The fraction of sp³-hybridized carbons (Fsp3) is 0.588. The maximum absolute atomic E-state index is 12.4. The minimum atomic E-state index is 0. The van der Waals surface area contributed by atoms with Crippen molar-refractivity contribution in [2.45, 2.75) is 26.2 Å². The molecule has 0 unspecified atom stereocenters. The normalized spacial score (nSPS) is 15.3. The number of halogens is 1. The standard InChI is InChI=1S/C17H26N2O2.ClH/c1-3-18-13-14-8-10-19(11-9-14)17(20)12-15-6-4-5-7-16(15)21-2;/h4-7,14,18H,3,8-13H2,1-2H3;1H. The van der Waals surface area contributed by atoms with Crippen LogP contribution >= 0.6 is 12.4 Å². The number of likely N-dealkylation sites (tertiary alicyclic amines) is 1. The number of nitrogens with zero attached hydrogens (tertiary/aromatic N) is 1. The average molecular weight is 327 g/mol. The van der Waals surface area contributed by atoms with Gasteiger partial charge in [0.25, 0.3) is 0 Å². The van der Waals surface area contributed by atoms with E-state index in [1.807, 2.05) is 29.2 Å². The van der Waals surface area contributed by atoms with Crippen molar-refractivity contribution in [1.82, 2.24) is 10.2 Å². The van der Waals surface area contributed by atoms with Crippen molar-refractivity contribution in [1.29, 1.82) is 0 Å². The van der Waals surface area contributed by atoms with Gasteiger partial charge in [0.2, 0.25) is 5.91 Å². The molecule has 0 aromatic heterocycles. The van der Waals surface area contributed by atoms with Crippen LogP contribution in [-0.4, -0.2) is 44.1 Å². The SMILES string of the molecule is CCNCC1CCN(C(=O)Cc2ccccc2OC)CC1.Cl. The van der Waals surface area contributed by atoms with Gasteiger partial charge in [0.1, 0.15) is 5.75 Å². The van der Waals surface area contributed by atoms with Crippen molar-refractivity contribution in [2.75, 3.05) is 33.3 Å². The van der Waals surface area contributed by atoms with Crippen LogP contribution in [-0.2, 0) is 11.2 Å². The minimum Gasteiger partial charge on any atom is -0.496 e. The number of para-hydroxylation sites is 1. The zero-order chi connectivity index (χ0) is 15.1. The summed E-state index contributed by atoms with van der Waals surface area (Å²) in [6.07, 6.45) is 2.64. The van der Waals surface area contributed by atoms with E-state index in [0.717, 1.165) is 50.3 Å². The van der Waals surface area contributed by atoms with Crippen LogP contribution < -0.4 is 10.1 Å². The first-order chi connectivity index (χ1) is 10.2. The highest BCUT2D eigenvalue weighted by atomic mass is 35.5. The van der Waals surface area contributed by atoms with Crippen LogP contribution in [0.25, 0.3) is 0 Å². The molecule has 1 amide bonds. The van der Waals surface area contributed by atoms with E-state index in [4.69, 9.17) is 4.74 Å². The molecule has 0 radical (unpaired) electrons. The summed E-state index contributed by atoms with van der Waals surface area (Å²) >= 11 is 0. The van der Waals surface area contributed by atoms with Crippen LogP contribution in [0.1, 0.15) is 25.3 Å². The number of hydrogen-bond acceptors (Lipinski definition) is 3. The molecular weight excluding hydrogens is 300 g/mol. The summed E-state index contributed by atoms with van der Waals surface area (Å²) in [5, 5.41) is 3.40. The highest BCUT2D eigenvalue weighted by molar-refractivity contribution is 5.85. The lowest BCUT2D eigenvalue weighted by atomic mass is 9.96. The maximum Gasteiger partial charge on any atom is 0.227 e. The molecule has 4 nitrogen and oxygen atoms in total. The van der Waals surface area contributed by atoms with E-state index in [1.54, 1.807) is 7.11 Å². The number of rotatable bonds is 6. The zero-order valence-electron chi connectivity index (χ0n) is 13.5. The van der Waals surface area contributed by atoms with Crippen molar-refractivity contribution in [3.63, 3.8) is 0 Å². The van der Waals surface area contributed by atoms with Gasteiger partial charge in [-0.3, -0.25) is 4.79 Å². The molecule has 0 atom stereocenters. The fourth-order valence-electron chi connectivity index (χ4n) is 2.86. The van der Waals surface area contributed by atoms with E-state index < -0.39 is 0 Å². The van der Waals surface area contributed by atoms with Gasteiger partial charge >= 0.3 is 0 Å². The van der Waals surface area contributed by atoms with Gasteiger partial charge < -0.3 is 15.0 Å². The summed E-state index contributed by atoms with van der Waals surface area (Å²) in [4.78, 5) is 14.4. The first-order valence-electron chi connectivity index (χ1n) is 7.85. The zero-order valence-corrected chi connectivity index (χ0v) is 14.3. The molecule has 1 heterocycles. The Labute approximate surface area is 139 Å². The van der Waals surface area contributed by atoms with Gasteiger partial charge in [-0.2, -0.15) is 0 Å². The molecular formula is C17H27ClN2O2. The van der Waals surface area contributed by atoms with E-state index in [1.165, 1.54) is 0 Å². The molecule has 5 heteroatoms. The van der Waals surface area contributed by atoms with Gasteiger partial charge in [0, 0.05) is 18.7 Å². The Balaban J connectivity index is 0.00000242. The van der Waals surface area contributed by atoms with Crippen LogP contribution in [0.15, 0.2) is 24.3 Å². The minimum absolute atomic E-state index is 0. The Morgan fingerprint density at radius 2 is 2.00 bits per heavy atom. The lowest BCUT2D eigenvalue weighted by molar-refractivity contribution is -0.131. The van der Waals surface area contributed by atoms with Crippen LogP contribution in [0.4, 0.5) is 0 Å². The Kier molecular flexibility index (Phi) is 8.28. The van der Waals surface area contributed by atoms with Crippen molar-refractivity contribution >= 4 is 18.3 Å². The predicted octanol–water partition coefficient (Wildman–Crippen LogP) is 2.51. The quantitative estimate of drug-likeness (QED) is 0.873. The molecule has 1 aromatic carbocycles. The molecule has 1 aliphatic rings. The van der Waals surface area contributed by atoms with E-state index >= 15 is 0 Å². The van der Waals surface area contributed by atoms with E-state index in [9.17, 15) is 4.79 Å². The van der Waals surface area contributed by atoms with Gasteiger partial charge in [0.15, 0.2) is 0 Å². The first-order valence-corrected chi connectivity index (χ1v) is 7.85. The number of carbonyl (C=O) groups is 1. The van der Waals surface area contributed by atoms with Gasteiger partial charge in [0.05, 0.1) is 13.5 Å². The molecule has 1 aliphatic heterocycles. The Bertz CT molecular complexity index is 460. The average Bonchev–Trinajstić information content (AvgIpc) is 2.54. The van der Waals surface area contributed by atoms with E-state index in [2.05, 4.69) is 12.2 Å². The summed E-state index contributed by atoms with van der Waals surface area (Å²) < 4.78 is 5.32. The molecule has 1 N–H and O–H groups in total. The van der Waals surface area contributed by atoms with Gasteiger partial charge in [-0.25, -0.2) is 0 Å². The van der Waals surface area contributed by atoms with Gasteiger partial charge in [-0.1, -0.05) is 25.1 Å². The second-order valence-electron chi connectivity index (χ2n) is 5.62. The maximum atomic E-state index is 12.4. The monoisotopic (exact) mass is 326 g/mol. The number of nitrogens with one attached hydrogen (secondary N) is 1. The van der Waals surface area contributed by atoms with Crippen molar-refractivity contribution in [2.24, 2.45) is 5.92 Å². The first kappa shape index (κ1) is 18.8. The molecule has 0 aliphatic carbocycles.